The fourth-order valence-corrected chi connectivity index (χ4v) is 2.76. The summed E-state index contributed by atoms with van der Waals surface area (Å²) >= 11 is 0. The molecule has 17 heavy (non-hydrogen) atoms. The highest BCUT2D eigenvalue weighted by molar-refractivity contribution is 5.79. The number of rotatable bonds is 2. The molecular formula is C13H13FO3. The number of benzene rings is 1. The number of aliphatic carboxylic acids is 1. The molecule has 0 aromatic heterocycles. The van der Waals surface area contributed by atoms with Crippen molar-refractivity contribution in [2.45, 2.75) is 31.8 Å². The molecule has 0 bridgehead atoms. The molecule has 90 valence electrons. The first kappa shape index (κ1) is 10.6. The van der Waals surface area contributed by atoms with Crippen molar-refractivity contribution in [2.24, 2.45) is 5.92 Å². The zero-order valence-electron chi connectivity index (χ0n) is 9.61. The van der Waals surface area contributed by atoms with Crippen molar-refractivity contribution in [3.8, 4) is 5.75 Å². The Morgan fingerprint density at radius 1 is 1.47 bits per heavy atom. The zero-order chi connectivity index (χ0) is 12.3. The van der Waals surface area contributed by atoms with Gasteiger partial charge >= 0.3 is 5.97 Å². The monoisotopic (exact) mass is 236 g/mol. The van der Waals surface area contributed by atoms with Crippen LogP contribution < -0.4 is 4.74 Å². The van der Waals surface area contributed by atoms with Gasteiger partial charge in [0, 0.05) is 11.5 Å². The van der Waals surface area contributed by atoms with E-state index in [1.54, 1.807) is 6.07 Å². The van der Waals surface area contributed by atoms with E-state index in [9.17, 15) is 9.18 Å². The maximum Gasteiger partial charge on any atom is 0.311 e. The highest BCUT2D eigenvalue weighted by Crippen LogP contribution is 2.60. The van der Waals surface area contributed by atoms with E-state index < -0.39 is 11.9 Å². The first-order valence-corrected chi connectivity index (χ1v) is 5.74. The second-order valence-electron chi connectivity index (χ2n) is 5.01. The van der Waals surface area contributed by atoms with Crippen LogP contribution in [0.1, 0.15) is 36.8 Å². The van der Waals surface area contributed by atoms with Gasteiger partial charge in [0.2, 0.25) is 0 Å². The molecule has 1 aromatic rings. The van der Waals surface area contributed by atoms with E-state index >= 15 is 0 Å². The number of hydrogen-bond donors (Lipinski definition) is 1. The van der Waals surface area contributed by atoms with Crippen LogP contribution >= 0.6 is 0 Å². The molecule has 1 aromatic carbocycles. The van der Waals surface area contributed by atoms with Gasteiger partial charge in [-0.3, -0.25) is 4.79 Å². The third kappa shape index (κ3) is 1.30. The molecule has 1 fully saturated rings. The molecule has 1 N–H and O–H groups in total. The molecule has 0 saturated heterocycles. The average Bonchev–Trinajstić information content (AvgIpc) is 2.83. The van der Waals surface area contributed by atoms with E-state index in [2.05, 4.69) is 0 Å². The van der Waals surface area contributed by atoms with E-state index in [-0.39, 0.29) is 29.5 Å². The van der Waals surface area contributed by atoms with Crippen molar-refractivity contribution in [1.29, 1.82) is 0 Å². The largest absolute Gasteiger partial charge is 0.485 e. The first-order valence-electron chi connectivity index (χ1n) is 5.74. The van der Waals surface area contributed by atoms with Gasteiger partial charge in [-0.25, -0.2) is 4.39 Å². The summed E-state index contributed by atoms with van der Waals surface area (Å²) < 4.78 is 19.0. The van der Waals surface area contributed by atoms with Gasteiger partial charge in [0.1, 0.15) is 12.0 Å². The SMILES string of the molecule is CC(C)c1ccc(F)c2c1C1C(O2)C1C(=O)O. The highest BCUT2D eigenvalue weighted by atomic mass is 19.1. The van der Waals surface area contributed by atoms with Gasteiger partial charge in [-0.05, 0) is 17.5 Å². The molecule has 1 aliphatic carbocycles. The minimum atomic E-state index is -0.857. The second kappa shape index (κ2) is 3.22. The van der Waals surface area contributed by atoms with Crippen molar-refractivity contribution in [3.05, 3.63) is 29.1 Å². The summed E-state index contributed by atoms with van der Waals surface area (Å²) in [5, 5.41) is 9.01. The van der Waals surface area contributed by atoms with Crippen LogP contribution in [0.5, 0.6) is 5.75 Å². The molecular weight excluding hydrogens is 223 g/mol. The highest BCUT2D eigenvalue weighted by Gasteiger charge is 2.64. The normalized spacial score (nSPS) is 28.6. The predicted octanol–water partition coefficient (Wildman–Crippen LogP) is 2.51. The molecule has 3 unspecified atom stereocenters. The van der Waals surface area contributed by atoms with E-state index in [0.717, 1.165) is 11.1 Å². The van der Waals surface area contributed by atoms with Gasteiger partial charge in [0.15, 0.2) is 11.6 Å². The third-order valence-electron chi connectivity index (χ3n) is 3.63. The number of hydrogen-bond acceptors (Lipinski definition) is 2. The van der Waals surface area contributed by atoms with E-state index in [1.807, 2.05) is 13.8 Å². The first-order chi connectivity index (χ1) is 8.02. The maximum absolute atomic E-state index is 13.6. The standard InChI is InChI=1S/C13H13FO3/c1-5(2)6-3-4-7(14)11-8(6)9-10(13(15)16)12(9)17-11/h3-5,9-10,12H,1-2H3,(H,15,16). The minimum Gasteiger partial charge on any atom is -0.485 e. The molecule has 0 amide bonds. The summed E-state index contributed by atoms with van der Waals surface area (Å²) in [7, 11) is 0. The van der Waals surface area contributed by atoms with Gasteiger partial charge in [-0.1, -0.05) is 19.9 Å². The number of halogens is 1. The number of carboxylic acid groups (broad SMARTS) is 1. The summed E-state index contributed by atoms with van der Waals surface area (Å²) in [4.78, 5) is 11.0. The molecule has 3 rings (SSSR count). The lowest BCUT2D eigenvalue weighted by Crippen LogP contribution is -2.10. The molecule has 3 nitrogen and oxygen atoms in total. The van der Waals surface area contributed by atoms with Crippen molar-refractivity contribution < 1.29 is 19.0 Å². The van der Waals surface area contributed by atoms with E-state index in [1.165, 1.54) is 6.07 Å². The molecule has 1 heterocycles. The van der Waals surface area contributed by atoms with Crippen LogP contribution in [0.2, 0.25) is 0 Å². The fraction of sp³-hybridized carbons (Fsp3) is 0.462. The summed E-state index contributed by atoms with van der Waals surface area (Å²) in [5.41, 5.74) is 1.77. The lowest BCUT2D eigenvalue weighted by Gasteiger charge is -2.14. The van der Waals surface area contributed by atoms with Crippen LogP contribution in [0.3, 0.4) is 0 Å². The molecule has 0 radical (unpaired) electrons. The van der Waals surface area contributed by atoms with Crippen LogP contribution in [-0.4, -0.2) is 17.2 Å². The van der Waals surface area contributed by atoms with E-state index in [4.69, 9.17) is 9.84 Å². The fourth-order valence-electron chi connectivity index (χ4n) is 2.76. The van der Waals surface area contributed by atoms with Crippen molar-refractivity contribution >= 4 is 5.97 Å². The van der Waals surface area contributed by atoms with Gasteiger partial charge in [0.05, 0.1) is 0 Å². The molecule has 1 aliphatic heterocycles. The van der Waals surface area contributed by atoms with Gasteiger partial charge in [0.25, 0.3) is 0 Å². The van der Waals surface area contributed by atoms with E-state index in [0.29, 0.717) is 0 Å². The van der Waals surface area contributed by atoms with Gasteiger partial charge in [-0.2, -0.15) is 0 Å². The predicted molar refractivity (Wildman–Crippen MR) is 58.8 cm³/mol. The number of carboxylic acids is 1. The Balaban J connectivity index is 2.10. The maximum atomic E-state index is 13.6. The Morgan fingerprint density at radius 2 is 2.18 bits per heavy atom. The number of fused-ring (bicyclic) bond motifs is 3. The molecule has 4 heteroatoms. The van der Waals surface area contributed by atoms with Crippen molar-refractivity contribution in [2.75, 3.05) is 0 Å². The Labute approximate surface area is 98.2 Å². The number of carbonyl (C=O) groups is 1. The minimum absolute atomic E-state index is 0.157. The average molecular weight is 236 g/mol. The van der Waals surface area contributed by atoms with Gasteiger partial charge < -0.3 is 9.84 Å². The Hall–Kier alpha value is -1.58. The molecule has 0 spiro atoms. The van der Waals surface area contributed by atoms with Gasteiger partial charge in [-0.15, -0.1) is 0 Å². The summed E-state index contributed by atoms with van der Waals surface area (Å²) in [6.07, 6.45) is -0.364. The Morgan fingerprint density at radius 3 is 2.76 bits per heavy atom. The summed E-state index contributed by atoms with van der Waals surface area (Å²) in [5.74, 6) is -1.40. The van der Waals surface area contributed by atoms with Crippen LogP contribution in [0.25, 0.3) is 0 Å². The van der Waals surface area contributed by atoms with Crippen LogP contribution in [0.15, 0.2) is 12.1 Å². The summed E-state index contributed by atoms with van der Waals surface area (Å²) in [6.45, 7) is 4.03. The molecule has 1 saturated carbocycles. The second-order valence-corrected chi connectivity index (χ2v) is 5.01. The van der Waals surface area contributed by atoms with Crippen LogP contribution in [0.4, 0.5) is 4.39 Å². The lowest BCUT2D eigenvalue weighted by atomic mass is 9.93. The molecule has 3 atom stereocenters. The van der Waals surface area contributed by atoms with Crippen LogP contribution in [0, 0.1) is 11.7 Å². The topological polar surface area (TPSA) is 46.5 Å². The Bertz CT molecular complexity index is 510. The summed E-state index contributed by atoms with van der Waals surface area (Å²) in [6, 6.07) is 3.14. The van der Waals surface area contributed by atoms with Crippen molar-refractivity contribution in [3.63, 3.8) is 0 Å². The molecule has 2 aliphatic rings. The number of ether oxygens (including phenoxy) is 1. The Kier molecular flexibility index (Phi) is 2.00. The van der Waals surface area contributed by atoms with Crippen LogP contribution in [-0.2, 0) is 4.79 Å². The zero-order valence-corrected chi connectivity index (χ0v) is 9.61. The quantitative estimate of drug-likeness (QED) is 0.858. The smallest absolute Gasteiger partial charge is 0.311 e. The van der Waals surface area contributed by atoms with Crippen molar-refractivity contribution in [1.82, 2.24) is 0 Å². The lowest BCUT2D eigenvalue weighted by molar-refractivity contribution is -0.139. The third-order valence-corrected chi connectivity index (χ3v) is 3.63.